The van der Waals surface area contributed by atoms with Gasteiger partial charge in [0.2, 0.25) is 0 Å². The molecule has 1 aliphatic heterocycles. The van der Waals surface area contributed by atoms with Gasteiger partial charge in [0, 0.05) is 20.2 Å². The van der Waals surface area contributed by atoms with Crippen molar-refractivity contribution in [1.29, 1.82) is 0 Å². The molecule has 1 aliphatic rings. The molecule has 0 aromatic heterocycles. The fourth-order valence-corrected chi connectivity index (χ4v) is 1.41. The van der Waals surface area contributed by atoms with E-state index in [0.717, 1.165) is 13.0 Å². The molecule has 12 heavy (non-hydrogen) atoms. The van der Waals surface area contributed by atoms with Crippen molar-refractivity contribution in [3.8, 4) is 0 Å². The molecule has 0 radical (unpaired) electrons. The fourth-order valence-electron chi connectivity index (χ4n) is 1.41. The molecular formula is C8H15NO3. The molecule has 0 spiro atoms. The van der Waals surface area contributed by atoms with Gasteiger partial charge in [0.1, 0.15) is 6.61 Å². The largest absolute Gasteiger partial charge is 0.392 e. The first-order valence-electron chi connectivity index (χ1n) is 4.13. The Kier molecular flexibility index (Phi) is 3.65. The Bertz CT molecular complexity index is 160. The Hall–Kier alpha value is -0.450. The van der Waals surface area contributed by atoms with Crippen LogP contribution in [0.3, 0.4) is 0 Å². The standard InChI is InChI=1S/C8H15NO3/c1-12-6-8(11)5-9-3-2-7(10)4-9/h7,10H,2-6H2,1H3. The highest BCUT2D eigenvalue weighted by molar-refractivity contribution is 5.81. The lowest BCUT2D eigenvalue weighted by atomic mass is 10.3. The molecule has 0 aromatic carbocycles. The number of likely N-dealkylation sites (tertiary alicyclic amines) is 1. The zero-order valence-electron chi connectivity index (χ0n) is 7.32. The van der Waals surface area contributed by atoms with Gasteiger partial charge in [-0.2, -0.15) is 0 Å². The molecule has 4 heteroatoms. The number of aliphatic hydroxyl groups is 1. The van der Waals surface area contributed by atoms with Gasteiger partial charge in [-0.15, -0.1) is 0 Å². The molecule has 1 unspecified atom stereocenters. The van der Waals surface area contributed by atoms with Crippen LogP contribution in [-0.4, -0.2) is 55.2 Å². The van der Waals surface area contributed by atoms with Crippen molar-refractivity contribution in [2.75, 3.05) is 33.4 Å². The van der Waals surface area contributed by atoms with E-state index in [1.807, 2.05) is 4.90 Å². The summed E-state index contributed by atoms with van der Waals surface area (Å²) in [6, 6.07) is 0. The molecule has 70 valence electrons. The van der Waals surface area contributed by atoms with Crippen LogP contribution in [0, 0.1) is 0 Å². The van der Waals surface area contributed by atoms with Crippen molar-refractivity contribution in [3.63, 3.8) is 0 Å². The number of aliphatic hydroxyl groups excluding tert-OH is 1. The summed E-state index contributed by atoms with van der Waals surface area (Å²) in [5.41, 5.74) is 0. The maximum Gasteiger partial charge on any atom is 0.172 e. The number of methoxy groups -OCH3 is 1. The lowest BCUT2D eigenvalue weighted by Crippen LogP contribution is -2.30. The smallest absolute Gasteiger partial charge is 0.172 e. The summed E-state index contributed by atoms with van der Waals surface area (Å²) in [4.78, 5) is 13.0. The summed E-state index contributed by atoms with van der Waals surface area (Å²) in [5, 5.41) is 9.16. The SMILES string of the molecule is COCC(=O)CN1CCC(O)C1. The van der Waals surface area contributed by atoms with E-state index in [1.54, 1.807) is 0 Å². The molecular weight excluding hydrogens is 158 g/mol. The molecule has 1 saturated heterocycles. The number of ketones is 1. The van der Waals surface area contributed by atoms with Crippen molar-refractivity contribution in [1.82, 2.24) is 4.90 Å². The minimum Gasteiger partial charge on any atom is -0.392 e. The van der Waals surface area contributed by atoms with Crippen LogP contribution in [0.2, 0.25) is 0 Å². The van der Waals surface area contributed by atoms with Crippen LogP contribution in [0.4, 0.5) is 0 Å². The molecule has 1 atom stereocenters. The molecule has 1 N–H and O–H groups in total. The van der Waals surface area contributed by atoms with Crippen molar-refractivity contribution in [2.45, 2.75) is 12.5 Å². The van der Waals surface area contributed by atoms with Gasteiger partial charge in [-0.3, -0.25) is 9.69 Å². The number of hydrogen-bond acceptors (Lipinski definition) is 4. The summed E-state index contributed by atoms with van der Waals surface area (Å²) < 4.78 is 4.70. The molecule has 4 nitrogen and oxygen atoms in total. The van der Waals surface area contributed by atoms with Crippen LogP contribution in [0.1, 0.15) is 6.42 Å². The number of rotatable bonds is 4. The molecule has 1 fully saturated rings. The number of ether oxygens (including phenoxy) is 1. The van der Waals surface area contributed by atoms with E-state index in [1.165, 1.54) is 7.11 Å². The van der Waals surface area contributed by atoms with Crippen molar-refractivity contribution < 1.29 is 14.6 Å². The molecule has 1 heterocycles. The van der Waals surface area contributed by atoms with Crippen LogP contribution >= 0.6 is 0 Å². The van der Waals surface area contributed by atoms with Gasteiger partial charge in [-0.1, -0.05) is 0 Å². The van der Waals surface area contributed by atoms with Crippen LogP contribution in [0.15, 0.2) is 0 Å². The molecule has 0 saturated carbocycles. The molecule has 0 aliphatic carbocycles. The number of carbonyl (C=O) groups is 1. The van der Waals surface area contributed by atoms with E-state index >= 15 is 0 Å². The van der Waals surface area contributed by atoms with Crippen LogP contribution in [0.25, 0.3) is 0 Å². The quantitative estimate of drug-likeness (QED) is 0.609. The first-order valence-corrected chi connectivity index (χ1v) is 4.13. The third-order valence-electron chi connectivity index (χ3n) is 1.95. The van der Waals surface area contributed by atoms with Gasteiger partial charge >= 0.3 is 0 Å². The van der Waals surface area contributed by atoms with E-state index in [9.17, 15) is 4.79 Å². The van der Waals surface area contributed by atoms with Crippen molar-refractivity contribution in [2.24, 2.45) is 0 Å². The Balaban J connectivity index is 2.18. The minimum absolute atomic E-state index is 0.0756. The predicted molar refractivity (Wildman–Crippen MR) is 43.9 cm³/mol. The van der Waals surface area contributed by atoms with E-state index in [2.05, 4.69) is 0 Å². The second-order valence-corrected chi connectivity index (χ2v) is 3.15. The third-order valence-corrected chi connectivity index (χ3v) is 1.95. The van der Waals surface area contributed by atoms with Crippen molar-refractivity contribution in [3.05, 3.63) is 0 Å². The summed E-state index contributed by atoms with van der Waals surface area (Å²) in [6.45, 7) is 2.02. The highest BCUT2D eigenvalue weighted by atomic mass is 16.5. The van der Waals surface area contributed by atoms with E-state index in [-0.39, 0.29) is 18.5 Å². The van der Waals surface area contributed by atoms with Gasteiger partial charge in [-0.05, 0) is 6.42 Å². The number of Topliss-reactive ketones (excluding diaryl/α,β-unsaturated/α-hetero) is 1. The topological polar surface area (TPSA) is 49.8 Å². The molecule has 0 amide bonds. The molecule has 0 aromatic rings. The zero-order chi connectivity index (χ0) is 8.97. The van der Waals surface area contributed by atoms with Crippen LogP contribution in [0.5, 0.6) is 0 Å². The van der Waals surface area contributed by atoms with Crippen LogP contribution in [-0.2, 0) is 9.53 Å². The zero-order valence-corrected chi connectivity index (χ0v) is 7.32. The Morgan fingerprint density at radius 1 is 1.75 bits per heavy atom. The van der Waals surface area contributed by atoms with Crippen molar-refractivity contribution >= 4 is 5.78 Å². The first kappa shape index (κ1) is 9.64. The van der Waals surface area contributed by atoms with Crippen LogP contribution < -0.4 is 0 Å². The second kappa shape index (κ2) is 4.54. The monoisotopic (exact) mass is 173 g/mol. The average Bonchev–Trinajstić information content (AvgIpc) is 2.36. The lowest BCUT2D eigenvalue weighted by molar-refractivity contribution is -0.123. The highest BCUT2D eigenvalue weighted by Gasteiger charge is 2.21. The number of nitrogens with zero attached hydrogens (tertiary/aromatic N) is 1. The number of β-amino-alcohol motifs (C(OH)–C–C–N with tert-alkyl or cyclic N) is 1. The first-order chi connectivity index (χ1) is 5.72. The van der Waals surface area contributed by atoms with E-state index in [4.69, 9.17) is 9.84 Å². The van der Waals surface area contributed by atoms with Gasteiger partial charge in [0.05, 0.1) is 12.6 Å². The maximum atomic E-state index is 11.1. The van der Waals surface area contributed by atoms with Gasteiger partial charge in [-0.25, -0.2) is 0 Å². The molecule has 0 bridgehead atoms. The van der Waals surface area contributed by atoms with Gasteiger partial charge in [0.25, 0.3) is 0 Å². The Labute approximate surface area is 72.1 Å². The van der Waals surface area contributed by atoms with Gasteiger partial charge in [0.15, 0.2) is 5.78 Å². The minimum atomic E-state index is -0.250. The third kappa shape index (κ3) is 2.89. The van der Waals surface area contributed by atoms with Gasteiger partial charge < -0.3 is 9.84 Å². The summed E-state index contributed by atoms with van der Waals surface area (Å²) in [7, 11) is 1.51. The summed E-state index contributed by atoms with van der Waals surface area (Å²) >= 11 is 0. The molecule has 1 rings (SSSR count). The normalized spacial score (nSPS) is 24.7. The highest BCUT2D eigenvalue weighted by Crippen LogP contribution is 2.07. The summed E-state index contributed by atoms with van der Waals surface area (Å²) in [6.07, 6.45) is 0.528. The number of hydrogen-bond donors (Lipinski definition) is 1. The maximum absolute atomic E-state index is 11.1. The lowest BCUT2D eigenvalue weighted by Gasteiger charge is -2.12. The second-order valence-electron chi connectivity index (χ2n) is 3.15. The van der Waals surface area contributed by atoms with E-state index in [0.29, 0.717) is 13.1 Å². The fraction of sp³-hybridized carbons (Fsp3) is 0.875. The van der Waals surface area contributed by atoms with E-state index < -0.39 is 0 Å². The Morgan fingerprint density at radius 3 is 3.00 bits per heavy atom. The number of carbonyl (C=O) groups excluding carboxylic acids is 1. The summed E-state index contributed by atoms with van der Waals surface area (Å²) in [5.74, 6) is 0.0756. The Morgan fingerprint density at radius 2 is 2.50 bits per heavy atom. The predicted octanol–water partition coefficient (Wildman–Crippen LogP) is -0.732. The average molecular weight is 173 g/mol.